The third kappa shape index (κ3) is 2.38. The van der Waals surface area contributed by atoms with Crippen molar-refractivity contribution in [3.8, 4) is 0 Å². The smallest absolute Gasteiger partial charge is 0.398 e. The van der Waals surface area contributed by atoms with Gasteiger partial charge in [0.1, 0.15) is 0 Å². The van der Waals surface area contributed by atoms with Gasteiger partial charge in [0.2, 0.25) is 0 Å². The fourth-order valence-electron chi connectivity index (χ4n) is 0.420. The van der Waals surface area contributed by atoms with Crippen LogP contribution < -0.4 is 5.32 Å². The van der Waals surface area contributed by atoms with Crippen LogP contribution >= 0.6 is 11.8 Å². The zero-order chi connectivity index (χ0) is 7.61. The zero-order valence-electron chi connectivity index (χ0n) is 4.68. The highest BCUT2D eigenvalue weighted by atomic mass is 32.2. The Morgan fingerprint density at radius 1 is 1.60 bits per heavy atom. The summed E-state index contributed by atoms with van der Waals surface area (Å²) in [5.74, 6) is 0.311. The Morgan fingerprint density at radius 2 is 2.30 bits per heavy atom. The molecule has 1 aliphatic heterocycles. The number of thioether (sulfide) groups is 1. The van der Waals surface area contributed by atoms with E-state index >= 15 is 0 Å². The molecule has 0 bridgehead atoms. The van der Waals surface area contributed by atoms with Gasteiger partial charge in [-0.2, -0.15) is 0 Å². The Labute approximate surface area is 59.4 Å². The number of rotatable bonds is 1. The van der Waals surface area contributed by atoms with E-state index in [-0.39, 0.29) is 5.09 Å². The Morgan fingerprint density at radius 3 is 2.70 bits per heavy atom. The van der Waals surface area contributed by atoms with E-state index in [0.717, 1.165) is 18.0 Å². The summed E-state index contributed by atoms with van der Waals surface area (Å²) in [6.07, 6.45) is -3.52. The average molecular weight is 170 g/mol. The predicted molar refractivity (Wildman–Crippen MR) is 29.8 cm³/mol. The lowest BCUT2D eigenvalue weighted by molar-refractivity contribution is -0.300. The van der Waals surface area contributed by atoms with E-state index in [2.05, 4.69) is 10.1 Å². The second-order valence-electron chi connectivity index (χ2n) is 1.45. The first-order valence-corrected chi connectivity index (χ1v) is 3.32. The van der Waals surface area contributed by atoms with E-state index in [0.29, 0.717) is 5.88 Å². The van der Waals surface area contributed by atoms with Gasteiger partial charge in [-0.05, 0) is 0 Å². The molecule has 10 heavy (non-hydrogen) atoms. The molecule has 0 aromatic heterocycles. The van der Waals surface area contributed by atoms with Crippen molar-refractivity contribution in [2.75, 3.05) is 5.88 Å². The molecule has 0 aromatic rings. The van der Waals surface area contributed by atoms with Gasteiger partial charge in [0.25, 0.3) is 0 Å². The van der Waals surface area contributed by atoms with Crippen molar-refractivity contribution in [2.45, 2.75) is 6.36 Å². The lowest BCUT2D eigenvalue weighted by atomic mass is 10.9. The summed E-state index contributed by atoms with van der Waals surface area (Å²) in [5, 5.41) is 3.34. The Kier molecular flexibility index (Phi) is 1.98. The fourth-order valence-corrected chi connectivity index (χ4v) is 0.999. The van der Waals surface area contributed by atoms with E-state index in [9.17, 15) is 13.2 Å². The number of ether oxygens (including phenoxy) is 1. The van der Waals surface area contributed by atoms with Crippen LogP contribution in [0.25, 0.3) is 0 Å². The topological polar surface area (TPSA) is 23.3 Å². The van der Waals surface area contributed by atoms with Gasteiger partial charge < -0.3 is 4.74 Å². The number of hydrogen-bond acceptors (Lipinski definition) is 2. The quantitative estimate of drug-likeness (QED) is 0.597. The van der Waals surface area contributed by atoms with E-state index in [1.54, 1.807) is 0 Å². The highest BCUT2D eigenvalue weighted by Crippen LogP contribution is 2.29. The molecule has 0 spiro atoms. The molecule has 0 N–H and O–H groups in total. The molecule has 0 saturated carbocycles. The number of hydrogen-bond donors (Lipinski definition) is 0. The predicted octanol–water partition coefficient (Wildman–Crippen LogP) is 1.63. The second kappa shape index (κ2) is 2.61. The summed E-state index contributed by atoms with van der Waals surface area (Å²) in [7, 11) is 0. The monoisotopic (exact) mass is 170 g/mol. The minimum Gasteiger partial charge on any atom is -0.398 e. The van der Waals surface area contributed by atoms with Gasteiger partial charge in [0, 0.05) is 0 Å². The van der Waals surface area contributed by atoms with Crippen molar-refractivity contribution < 1.29 is 17.9 Å². The summed E-state index contributed by atoms with van der Waals surface area (Å²) in [4.78, 5) is 0. The van der Waals surface area contributed by atoms with Gasteiger partial charge in [-0.1, -0.05) is 11.8 Å². The molecular weight excluding hydrogens is 167 g/mol. The van der Waals surface area contributed by atoms with Gasteiger partial charge >= 0.3 is 6.36 Å². The molecule has 57 valence electrons. The summed E-state index contributed by atoms with van der Waals surface area (Å²) in [6.45, 7) is 0. The maximum Gasteiger partial charge on any atom is 0.573 e. The van der Waals surface area contributed by atoms with Gasteiger partial charge in [-0.25, -0.2) is 0 Å². The molecule has 1 rings (SSSR count). The summed E-state index contributed by atoms with van der Waals surface area (Å²) >= 11 is 0.921. The van der Waals surface area contributed by atoms with Crippen LogP contribution in [0.3, 0.4) is 0 Å². The summed E-state index contributed by atoms with van der Waals surface area (Å²) < 4.78 is 37.7. The van der Waals surface area contributed by atoms with Crippen LogP contribution in [-0.4, -0.2) is 12.2 Å². The standard InChI is InChI=1S/C4H3F3NOS/c5-4(6,7)9-3-1-8-2-10-3/h1H,2H2. The Bertz CT molecular complexity index is 155. The van der Waals surface area contributed by atoms with Crippen LogP contribution in [0.5, 0.6) is 0 Å². The van der Waals surface area contributed by atoms with Crippen molar-refractivity contribution in [3.05, 3.63) is 11.3 Å². The number of nitrogens with zero attached hydrogens (tertiary/aromatic N) is 1. The molecule has 0 aromatic carbocycles. The zero-order valence-corrected chi connectivity index (χ0v) is 5.50. The first-order valence-electron chi connectivity index (χ1n) is 2.33. The van der Waals surface area contributed by atoms with Crippen molar-refractivity contribution >= 4 is 11.8 Å². The van der Waals surface area contributed by atoms with Gasteiger partial charge in [-0.15, -0.1) is 13.2 Å². The molecule has 1 radical (unpaired) electrons. The maximum atomic E-state index is 11.4. The minimum atomic E-state index is -4.58. The van der Waals surface area contributed by atoms with Crippen LogP contribution in [0.2, 0.25) is 0 Å². The highest BCUT2D eigenvalue weighted by molar-refractivity contribution is 8.03. The van der Waals surface area contributed by atoms with E-state index in [1.807, 2.05) is 0 Å². The lowest BCUT2D eigenvalue weighted by Crippen LogP contribution is -2.10. The van der Waals surface area contributed by atoms with E-state index in [4.69, 9.17) is 0 Å². The normalized spacial score (nSPS) is 18.1. The van der Waals surface area contributed by atoms with Crippen molar-refractivity contribution in [2.24, 2.45) is 0 Å². The molecule has 0 saturated heterocycles. The molecule has 0 amide bonds. The van der Waals surface area contributed by atoms with Gasteiger partial charge in [-0.3, -0.25) is 5.32 Å². The van der Waals surface area contributed by atoms with Crippen molar-refractivity contribution in [3.63, 3.8) is 0 Å². The molecular formula is C4H3F3NOS. The largest absolute Gasteiger partial charge is 0.573 e. The van der Waals surface area contributed by atoms with Crippen molar-refractivity contribution in [1.82, 2.24) is 5.32 Å². The third-order valence-corrected chi connectivity index (χ3v) is 1.45. The number of alkyl halides is 3. The SMILES string of the molecule is FC(F)(F)OC1=C[N]CS1. The molecule has 0 aliphatic carbocycles. The van der Waals surface area contributed by atoms with Crippen LogP contribution in [0.4, 0.5) is 13.2 Å². The van der Waals surface area contributed by atoms with Crippen LogP contribution in [0.15, 0.2) is 11.3 Å². The van der Waals surface area contributed by atoms with Crippen LogP contribution in [0.1, 0.15) is 0 Å². The fraction of sp³-hybridized carbons (Fsp3) is 0.500. The average Bonchev–Trinajstić information content (AvgIpc) is 2.12. The first-order chi connectivity index (χ1) is 4.58. The van der Waals surface area contributed by atoms with Gasteiger partial charge in [0.15, 0.2) is 5.09 Å². The molecule has 2 nitrogen and oxygen atoms in total. The van der Waals surface area contributed by atoms with E-state index in [1.165, 1.54) is 0 Å². The molecule has 6 heteroatoms. The lowest BCUT2D eigenvalue weighted by Gasteiger charge is -2.06. The molecule has 0 unspecified atom stereocenters. The molecule has 1 aliphatic rings. The van der Waals surface area contributed by atoms with Crippen LogP contribution in [0, 0.1) is 0 Å². The third-order valence-electron chi connectivity index (χ3n) is 0.694. The van der Waals surface area contributed by atoms with E-state index < -0.39 is 6.36 Å². The van der Waals surface area contributed by atoms with Gasteiger partial charge in [0.05, 0.1) is 12.1 Å². The second-order valence-corrected chi connectivity index (χ2v) is 2.40. The molecule has 1 heterocycles. The Balaban J connectivity index is 2.38. The Hall–Kier alpha value is -0.520. The molecule has 0 atom stereocenters. The maximum absolute atomic E-state index is 11.4. The highest BCUT2D eigenvalue weighted by Gasteiger charge is 2.33. The van der Waals surface area contributed by atoms with Crippen molar-refractivity contribution in [1.29, 1.82) is 0 Å². The van der Waals surface area contributed by atoms with Crippen LogP contribution in [-0.2, 0) is 4.74 Å². The summed E-state index contributed by atoms with van der Waals surface area (Å²) in [5.41, 5.74) is 0. The molecule has 0 fully saturated rings. The minimum absolute atomic E-state index is 0.187. The summed E-state index contributed by atoms with van der Waals surface area (Å²) in [6, 6.07) is 0. The number of halogens is 3. The first kappa shape index (κ1) is 7.59.